The summed E-state index contributed by atoms with van der Waals surface area (Å²) in [6.07, 6.45) is 0.601. The van der Waals surface area contributed by atoms with Crippen molar-refractivity contribution in [3.63, 3.8) is 0 Å². The van der Waals surface area contributed by atoms with E-state index in [1.54, 1.807) is 20.1 Å². The molecule has 0 saturated heterocycles. The first-order valence-corrected chi connectivity index (χ1v) is 10.9. The summed E-state index contributed by atoms with van der Waals surface area (Å²) in [5.41, 5.74) is 4.83. The summed E-state index contributed by atoms with van der Waals surface area (Å²) < 4.78 is 34.6. The highest BCUT2D eigenvalue weighted by Gasteiger charge is 2.19. The van der Waals surface area contributed by atoms with Crippen molar-refractivity contribution in [2.75, 3.05) is 13.7 Å². The number of benzene rings is 2. The maximum absolute atomic E-state index is 12.8. The summed E-state index contributed by atoms with van der Waals surface area (Å²) in [5, 5.41) is 1.11. The Bertz CT molecular complexity index is 1100. The number of methoxy groups -OCH3 is 1. The number of hydrogen-bond acceptors (Lipinski definition) is 3. The van der Waals surface area contributed by atoms with E-state index in [0.717, 1.165) is 32.2 Å². The third-order valence-electron chi connectivity index (χ3n) is 4.73. The first-order chi connectivity index (χ1) is 12.7. The number of aromatic amines is 1. The highest BCUT2D eigenvalue weighted by atomic mass is 79.9. The van der Waals surface area contributed by atoms with Crippen molar-refractivity contribution >= 4 is 36.9 Å². The average Bonchev–Trinajstić information content (AvgIpc) is 2.90. The van der Waals surface area contributed by atoms with E-state index < -0.39 is 10.0 Å². The zero-order valence-corrected chi connectivity index (χ0v) is 18.2. The van der Waals surface area contributed by atoms with Crippen molar-refractivity contribution in [3.8, 4) is 5.75 Å². The van der Waals surface area contributed by atoms with Gasteiger partial charge in [0, 0.05) is 33.7 Å². The lowest BCUT2D eigenvalue weighted by Crippen LogP contribution is -2.26. The van der Waals surface area contributed by atoms with Gasteiger partial charge in [0.05, 0.1) is 12.0 Å². The highest BCUT2D eigenvalue weighted by Crippen LogP contribution is 2.27. The van der Waals surface area contributed by atoms with Crippen molar-refractivity contribution in [2.24, 2.45) is 0 Å². The number of H-pyrrole nitrogens is 1. The Labute approximate surface area is 168 Å². The van der Waals surface area contributed by atoms with E-state index in [0.29, 0.717) is 24.3 Å². The van der Waals surface area contributed by atoms with Crippen LogP contribution in [0.5, 0.6) is 5.75 Å². The fraction of sp³-hybridized carbons (Fsp3) is 0.300. The zero-order valence-electron chi connectivity index (χ0n) is 15.8. The molecule has 0 radical (unpaired) electrons. The first kappa shape index (κ1) is 19.9. The SMILES string of the molecule is COc1cc(S(=O)(=O)NCCc2c(C)[nH]c3ccc(Br)cc23)c(C)cc1C. The fourth-order valence-electron chi connectivity index (χ4n) is 3.39. The number of ether oxygens (including phenoxy) is 1. The van der Waals surface area contributed by atoms with Crippen molar-refractivity contribution in [1.82, 2.24) is 9.71 Å². The van der Waals surface area contributed by atoms with Crippen LogP contribution in [0.25, 0.3) is 10.9 Å². The average molecular weight is 451 g/mol. The third kappa shape index (κ3) is 4.05. The van der Waals surface area contributed by atoms with Gasteiger partial charge < -0.3 is 9.72 Å². The number of rotatable bonds is 6. The molecule has 3 aromatic rings. The molecule has 7 heteroatoms. The van der Waals surface area contributed by atoms with E-state index in [-0.39, 0.29) is 4.90 Å². The summed E-state index contributed by atoms with van der Waals surface area (Å²) in [6.45, 7) is 6.01. The van der Waals surface area contributed by atoms with Crippen molar-refractivity contribution < 1.29 is 13.2 Å². The number of sulfonamides is 1. The fourth-order valence-corrected chi connectivity index (χ4v) is 5.02. The predicted octanol–water partition coefficient (Wildman–Crippen LogP) is 4.39. The largest absolute Gasteiger partial charge is 0.496 e. The molecule has 0 spiro atoms. The van der Waals surface area contributed by atoms with Crippen molar-refractivity contribution in [2.45, 2.75) is 32.1 Å². The number of hydrogen-bond donors (Lipinski definition) is 2. The number of halogens is 1. The Morgan fingerprint density at radius 2 is 1.85 bits per heavy atom. The Morgan fingerprint density at radius 3 is 2.56 bits per heavy atom. The normalized spacial score (nSPS) is 11.9. The molecular formula is C20H23BrN2O3S. The van der Waals surface area contributed by atoms with Crippen LogP contribution in [0.2, 0.25) is 0 Å². The van der Waals surface area contributed by atoms with Gasteiger partial charge in [0.25, 0.3) is 0 Å². The van der Waals surface area contributed by atoms with Crippen LogP contribution in [0.15, 0.2) is 39.7 Å². The minimum absolute atomic E-state index is 0.253. The Balaban J connectivity index is 1.81. The minimum Gasteiger partial charge on any atom is -0.496 e. The molecule has 3 rings (SSSR count). The lowest BCUT2D eigenvalue weighted by atomic mass is 10.1. The van der Waals surface area contributed by atoms with Crippen LogP contribution in [0.3, 0.4) is 0 Å². The molecule has 1 heterocycles. The molecule has 0 saturated carbocycles. The van der Waals surface area contributed by atoms with Crippen LogP contribution in [-0.2, 0) is 16.4 Å². The van der Waals surface area contributed by atoms with Gasteiger partial charge in [0.1, 0.15) is 5.75 Å². The highest BCUT2D eigenvalue weighted by molar-refractivity contribution is 9.10. The van der Waals surface area contributed by atoms with Crippen molar-refractivity contribution in [1.29, 1.82) is 0 Å². The summed E-state index contributed by atoms with van der Waals surface area (Å²) in [5.74, 6) is 0.568. The molecule has 0 aliphatic heterocycles. The summed E-state index contributed by atoms with van der Waals surface area (Å²) in [6, 6.07) is 9.47. The second kappa shape index (κ2) is 7.66. The molecule has 2 aromatic carbocycles. The lowest BCUT2D eigenvalue weighted by Gasteiger charge is -2.13. The molecule has 1 aromatic heterocycles. The van der Waals surface area contributed by atoms with E-state index >= 15 is 0 Å². The molecule has 0 fully saturated rings. The monoisotopic (exact) mass is 450 g/mol. The Hall–Kier alpha value is -1.83. The molecule has 0 aliphatic carbocycles. The molecule has 0 atom stereocenters. The topological polar surface area (TPSA) is 71.2 Å². The maximum Gasteiger partial charge on any atom is 0.240 e. The number of nitrogens with one attached hydrogen (secondary N) is 2. The molecule has 2 N–H and O–H groups in total. The summed E-state index contributed by atoms with van der Waals surface area (Å²) in [7, 11) is -2.08. The van der Waals surface area contributed by atoms with Gasteiger partial charge in [-0.3, -0.25) is 0 Å². The van der Waals surface area contributed by atoms with Gasteiger partial charge in [-0.15, -0.1) is 0 Å². The van der Waals surface area contributed by atoms with Gasteiger partial charge in [0.15, 0.2) is 0 Å². The number of fused-ring (bicyclic) bond motifs is 1. The second-order valence-electron chi connectivity index (χ2n) is 6.65. The first-order valence-electron chi connectivity index (χ1n) is 8.64. The van der Waals surface area contributed by atoms with Gasteiger partial charge in [0.2, 0.25) is 10.0 Å². The van der Waals surface area contributed by atoms with Crippen LogP contribution in [0.1, 0.15) is 22.4 Å². The quantitative estimate of drug-likeness (QED) is 0.584. The lowest BCUT2D eigenvalue weighted by molar-refractivity contribution is 0.410. The Morgan fingerprint density at radius 1 is 1.11 bits per heavy atom. The standard InChI is InChI=1S/C20H23BrN2O3S/c1-12-9-13(2)20(11-19(12)26-4)27(24,25)22-8-7-16-14(3)23-18-6-5-15(21)10-17(16)18/h5-6,9-11,22-23H,7-8H2,1-4H3. The van der Waals surface area contributed by atoms with Crippen LogP contribution in [0, 0.1) is 20.8 Å². The van der Waals surface area contributed by atoms with E-state index in [2.05, 4.69) is 31.7 Å². The predicted molar refractivity (Wildman–Crippen MR) is 112 cm³/mol. The van der Waals surface area contributed by atoms with Gasteiger partial charge in [-0.05, 0) is 62.1 Å². The van der Waals surface area contributed by atoms with E-state index in [1.807, 2.05) is 32.0 Å². The van der Waals surface area contributed by atoms with E-state index in [9.17, 15) is 8.42 Å². The second-order valence-corrected chi connectivity index (χ2v) is 9.30. The molecule has 144 valence electrons. The van der Waals surface area contributed by atoms with Gasteiger partial charge in [-0.2, -0.15) is 0 Å². The van der Waals surface area contributed by atoms with Gasteiger partial charge in [-0.1, -0.05) is 22.0 Å². The molecule has 0 bridgehead atoms. The molecule has 0 aliphatic rings. The summed E-state index contributed by atoms with van der Waals surface area (Å²) in [4.78, 5) is 3.60. The van der Waals surface area contributed by atoms with Crippen LogP contribution in [-0.4, -0.2) is 27.1 Å². The number of aromatic nitrogens is 1. The van der Waals surface area contributed by atoms with E-state index in [4.69, 9.17) is 4.74 Å². The Kier molecular flexibility index (Phi) is 5.65. The molecule has 0 amide bonds. The van der Waals surface area contributed by atoms with Crippen molar-refractivity contribution in [3.05, 3.63) is 57.2 Å². The maximum atomic E-state index is 12.8. The van der Waals surface area contributed by atoms with E-state index in [1.165, 1.54) is 0 Å². The zero-order chi connectivity index (χ0) is 19.8. The molecular weight excluding hydrogens is 428 g/mol. The van der Waals surface area contributed by atoms with Crippen LogP contribution >= 0.6 is 15.9 Å². The minimum atomic E-state index is -3.62. The third-order valence-corrected chi connectivity index (χ3v) is 6.83. The molecule has 0 unspecified atom stereocenters. The molecule has 27 heavy (non-hydrogen) atoms. The summed E-state index contributed by atoms with van der Waals surface area (Å²) >= 11 is 3.50. The van der Waals surface area contributed by atoms with Crippen LogP contribution < -0.4 is 9.46 Å². The van der Waals surface area contributed by atoms with Crippen LogP contribution in [0.4, 0.5) is 0 Å². The number of aryl methyl sites for hydroxylation is 3. The smallest absolute Gasteiger partial charge is 0.240 e. The van der Waals surface area contributed by atoms with Gasteiger partial charge in [-0.25, -0.2) is 13.1 Å². The molecule has 5 nitrogen and oxygen atoms in total. The van der Waals surface area contributed by atoms with Gasteiger partial charge >= 0.3 is 0 Å².